The first-order valence-corrected chi connectivity index (χ1v) is 7.08. The highest BCUT2D eigenvalue weighted by Crippen LogP contribution is 2.32. The monoisotopic (exact) mass is 312 g/mol. The second-order valence-corrected chi connectivity index (χ2v) is 6.11. The number of hydrogen-bond acceptors (Lipinski definition) is 4. The summed E-state index contributed by atoms with van der Waals surface area (Å²) in [7, 11) is 0. The molecule has 0 aliphatic carbocycles. The van der Waals surface area contributed by atoms with Crippen molar-refractivity contribution in [3.05, 3.63) is 38.9 Å². The number of likely N-dealkylation sites (tertiary alicyclic amines) is 1. The molecule has 7 heteroatoms. The van der Waals surface area contributed by atoms with Gasteiger partial charge < -0.3 is 5.11 Å². The average molecular weight is 313 g/mol. The van der Waals surface area contributed by atoms with Crippen LogP contribution < -0.4 is 0 Å². The fraction of sp³-hybridized carbons (Fsp3) is 0.500. The molecule has 1 heterocycles. The normalized spacial score (nSPS) is 18.4. The van der Waals surface area contributed by atoms with E-state index < -0.39 is 16.3 Å². The van der Waals surface area contributed by atoms with Gasteiger partial charge in [-0.25, -0.2) is 0 Å². The van der Waals surface area contributed by atoms with Gasteiger partial charge in [-0.15, -0.1) is 0 Å². The molecule has 6 nitrogen and oxygen atoms in total. The number of carboxylic acids is 1. The Morgan fingerprint density at radius 3 is 2.62 bits per heavy atom. The standard InChI is InChI=1S/C14H17ClN2O4/c1-14(13(18)19)4-6-16(7-5-14)9-10-8-11(15)2-3-12(10)17(20)21/h2-3,8H,4-7,9H2,1H3,(H,18,19). The molecule has 1 N–H and O–H groups in total. The molecule has 21 heavy (non-hydrogen) atoms. The van der Waals surface area contributed by atoms with E-state index in [1.807, 2.05) is 4.90 Å². The number of benzene rings is 1. The summed E-state index contributed by atoms with van der Waals surface area (Å²) >= 11 is 5.91. The lowest BCUT2D eigenvalue weighted by Crippen LogP contribution is -2.42. The lowest BCUT2D eigenvalue weighted by molar-refractivity contribution is -0.385. The van der Waals surface area contributed by atoms with Gasteiger partial charge in [0.05, 0.1) is 10.3 Å². The predicted molar refractivity (Wildman–Crippen MR) is 78.4 cm³/mol. The van der Waals surface area contributed by atoms with Crippen molar-refractivity contribution in [2.45, 2.75) is 26.3 Å². The lowest BCUT2D eigenvalue weighted by Gasteiger charge is -2.36. The topological polar surface area (TPSA) is 83.7 Å². The Hall–Kier alpha value is -1.66. The summed E-state index contributed by atoms with van der Waals surface area (Å²) in [5.41, 5.74) is -0.0890. The van der Waals surface area contributed by atoms with Gasteiger partial charge in [0.25, 0.3) is 5.69 Å². The fourth-order valence-corrected chi connectivity index (χ4v) is 2.71. The molecular formula is C14H17ClN2O4. The molecule has 1 aromatic rings. The zero-order valence-electron chi connectivity index (χ0n) is 11.7. The van der Waals surface area contributed by atoms with E-state index in [1.165, 1.54) is 12.1 Å². The molecule has 0 unspecified atom stereocenters. The van der Waals surface area contributed by atoms with Crippen LogP contribution in [0.5, 0.6) is 0 Å². The third kappa shape index (κ3) is 3.51. The fourth-order valence-electron chi connectivity index (χ4n) is 2.52. The molecule has 2 rings (SSSR count). The molecule has 0 atom stereocenters. The molecular weight excluding hydrogens is 296 g/mol. The van der Waals surface area contributed by atoms with Crippen LogP contribution in [-0.2, 0) is 11.3 Å². The number of rotatable bonds is 4. The molecule has 1 aliphatic heterocycles. The Morgan fingerprint density at radius 2 is 2.10 bits per heavy atom. The van der Waals surface area contributed by atoms with Crippen LogP contribution in [0.2, 0.25) is 5.02 Å². The van der Waals surface area contributed by atoms with E-state index in [-0.39, 0.29) is 5.69 Å². The first-order chi connectivity index (χ1) is 9.82. The van der Waals surface area contributed by atoms with Gasteiger partial charge in [-0.2, -0.15) is 0 Å². The van der Waals surface area contributed by atoms with Crippen LogP contribution in [0.3, 0.4) is 0 Å². The average Bonchev–Trinajstić information content (AvgIpc) is 2.41. The molecule has 0 saturated carbocycles. The van der Waals surface area contributed by atoms with Crippen molar-refractivity contribution in [1.29, 1.82) is 0 Å². The number of nitrogens with zero attached hydrogens (tertiary/aromatic N) is 2. The maximum absolute atomic E-state index is 11.2. The second-order valence-electron chi connectivity index (χ2n) is 5.67. The second kappa shape index (κ2) is 5.99. The van der Waals surface area contributed by atoms with Crippen molar-refractivity contribution in [3.63, 3.8) is 0 Å². The van der Waals surface area contributed by atoms with Gasteiger partial charge in [-0.3, -0.25) is 19.8 Å². The quantitative estimate of drug-likeness (QED) is 0.682. The van der Waals surface area contributed by atoms with Crippen molar-refractivity contribution < 1.29 is 14.8 Å². The van der Waals surface area contributed by atoms with Gasteiger partial charge in [0, 0.05) is 23.2 Å². The Balaban J connectivity index is 2.09. The number of nitro groups is 1. The maximum atomic E-state index is 11.2. The van der Waals surface area contributed by atoms with E-state index in [9.17, 15) is 20.0 Å². The highest BCUT2D eigenvalue weighted by molar-refractivity contribution is 6.30. The van der Waals surface area contributed by atoms with Crippen molar-refractivity contribution >= 4 is 23.3 Å². The van der Waals surface area contributed by atoms with Crippen molar-refractivity contribution in [2.24, 2.45) is 5.41 Å². The lowest BCUT2D eigenvalue weighted by atomic mass is 9.80. The number of carbonyl (C=O) groups is 1. The molecule has 0 bridgehead atoms. The van der Waals surface area contributed by atoms with Gasteiger partial charge in [-0.1, -0.05) is 11.6 Å². The van der Waals surface area contributed by atoms with E-state index in [4.69, 9.17) is 11.6 Å². The molecule has 1 aliphatic rings. The van der Waals surface area contributed by atoms with E-state index in [0.29, 0.717) is 43.1 Å². The number of nitro benzene ring substituents is 1. The zero-order valence-corrected chi connectivity index (χ0v) is 12.5. The van der Waals surface area contributed by atoms with Crippen LogP contribution in [0.15, 0.2) is 18.2 Å². The summed E-state index contributed by atoms with van der Waals surface area (Å²) in [6, 6.07) is 4.51. The van der Waals surface area contributed by atoms with Crippen molar-refractivity contribution in [1.82, 2.24) is 4.90 Å². The van der Waals surface area contributed by atoms with Crippen molar-refractivity contribution in [3.8, 4) is 0 Å². The molecule has 1 saturated heterocycles. The molecule has 1 aromatic carbocycles. The zero-order chi connectivity index (χ0) is 15.6. The van der Waals surface area contributed by atoms with E-state index in [1.54, 1.807) is 13.0 Å². The van der Waals surface area contributed by atoms with Gasteiger partial charge in [-0.05, 0) is 45.0 Å². The van der Waals surface area contributed by atoms with Crippen LogP contribution in [0, 0.1) is 15.5 Å². The van der Waals surface area contributed by atoms with Crippen molar-refractivity contribution in [2.75, 3.05) is 13.1 Å². The van der Waals surface area contributed by atoms with Crippen LogP contribution in [0.4, 0.5) is 5.69 Å². The molecule has 114 valence electrons. The minimum atomic E-state index is -0.782. The first kappa shape index (κ1) is 15.7. The molecule has 0 amide bonds. The SMILES string of the molecule is CC1(C(=O)O)CCN(Cc2cc(Cl)ccc2[N+](=O)[O-])CC1. The summed E-state index contributed by atoms with van der Waals surface area (Å²) < 4.78 is 0. The maximum Gasteiger partial charge on any atom is 0.309 e. The minimum Gasteiger partial charge on any atom is -0.481 e. The Morgan fingerprint density at radius 1 is 1.48 bits per heavy atom. The minimum absolute atomic E-state index is 0.0472. The molecule has 1 fully saturated rings. The van der Waals surface area contributed by atoms with E-state index in [2.05, 4.69) is 0 Å². The van der Waals surface area contributed by atoms with Crippen LogP contribution in [-0.4, -0.2) is 34.0 Å². The number of aliphatic carboxylic acids is 1. The molecule has 0 spiro atoms. The van der Waals surface area contributed by atoms with E-state index in [0.717, 1.165) is 0 Å². The van der Waals surface area contributed by atoms with Gasteiger partial charge >= 0.3 is 5.97 Å². The largest absolute Gasteiger partial charge is 0.481 e. The summed E-state index contributed by atoms with van der Waals surface area (Å²) in [5, 5.41) is 20.7. The Bertz CT molecular complexity index is 568. The molecule has 0 radical (unpaired) electrons. The highest BCUT2D eigenvalue weighted by Gasteiger charge is 2.37. The number of hydrogen-bond donors (Lipinski definition) is 1. The smallest absolute Gasteiger partial charge is 0.309 e. The predicted octanol–water partition coefficient (Wildman–Crippen LogP) is 2.93. The number of halogens is 1. The van der Waals surface area contributed by atoms with Gasteiger partial charge in [0.15, 0.2) is 0 Å². The summed E-state index contributed by atoms with van der Waals surface area (Å²) in [4.78, 5) is 23.8. The third-order valence-electron chi connectivity index (χ3n) is 4.11. The molecule has 0 aromatic heterocycles. The van der Waals surface area contributed by atoms with E-state index >= 15 is 0 Å². The van der Waals surface area contributed by atoms with Crippen LogP contribution >= 0.6 is 11.6 Å². The van der Waals surface area contributed by atoms with Gasteiger partial charge in [0.2, 0.25) is 0 Å². The van der Waals surface area contributed by atoms with Crippen LogP contribution in [0.1, 0.15) is 25.3 Å². The van der Waals surface area contributed by atoms with Crippen LogP contribution in [0.25, 0.3) is 0 Å². The summed E-state index contributed by atoms with van der Waals surface area (Å²) in [5.74, 6) is -0.782. The number of piperidine rings is 1. The Kier molecular flexibility index (Phi) is 4.49. The van der Waals surface area contributed by atoms with Gasteiger partial charge in [0.1, 0.15) is 0 Å². The summed E-state index contributed by atoms with van der Waals surface area (Å²) in [6.07, 6.45) is 1.08. The summed E-state index contributed by atoms with van der Waals surface area (Å²) in [6.45, 7) is 3.36. The highest BCUT2D eigenvalue weighted by atomic mass is 35.5. The Labute approximate surface area is 127 Å². The first-order valence-electron chi connectivity index (χ1n) is 6.70. The number of carboxylic acid groups (broad SMARTS) is 1. The third-order valence-corrected chi connectivity index (χ3v) is 4.34.